The molecule has 0 fully saturated rings. The van der Waals surface area contributed by atoms with E-state index in [1.54, 1.807) is 23.3 Å². The molecule has 5 nitrogen and oxygen atoms in total. The van der Waals surface area contributed by atoms with E-state index in [0.717, 1.165) is 11.3 Å². The maximum atomic E-state index is 12.2. The Morgan fingerprint density at radius 1 is 1.00 bits per heavy atom. The molecular weight excluding hydrogens is 264 g/mol. The first kappa shape index (κ1) is 13.1. The van der Waals surface area contributed by atoms with Gasteiger partial charge in [-0.25, -0.2) is 0 Å². The van der Waals surface area contributed by atoms with E-state index in [1.807, 2.05) is 48.5 Å². The van der Waals surface area contributed by atoms with E-state index < -0.39 is 0 Å². The molecule has 0 spiro atoms. The molecule has 2 aromatic carbocycles. The predicted octanol–water partition coefficient (Wildman–Crippen LogP) is 2.20. The number of nitrogens with one attached hydrogen (secondary N) is 1. The fraction of sp³-hybridized carbons (Fsp3) is 0.0625. The molecule has 1 amide bonds. The second kappa shape index (κ2) is 6.00. The lowest BCUT2D eigenvalue weighted by atomic mass is 10.1. The van der Waals surface area contributed by atoms with Gasteiger partial charge < -0.3 is 5.32 Å². The maximum Gasteiger partial charge on any atom is 0.251 e. The average molecular weight is 278 g/mol. The summed E-state index contributed by atoms with van der Waals surface area (Å²) in [6, 6.07) is 17.2. The number of amides is 1. The number of carbonyl (C=O) groups is 1. The normalized spacial score (nSPS) is 10.3. The highest BCUT2D eigenvalue weighted by Gasteiger charge is 2.06. The van der Waals surface area contributed by atoms with Crippen LogP contribution < -0.4 is 5.32 Å². The second-order valence-electron chi connectivity index (χ2n) is 4.59. The summed E-state index contributed by atoms with van der Waals surface area (Å²) in [6.45, 7) is 0.510. The van der Waals surface area contributed by atoms with E-state index in [-0.39, 0.29) is 5.91 Å². The van der Waals surface area contributed by atoms with Crippen LogP contribution in [0.15, 0.2) is 67.3 Å². The van der Waals surface area contributed by atoms with Gasteiger partial charge in [-0.15, -0.1) is 10.2 Å². The lowest BCUT2D eigenvalue weighted by molar-refractivity contribution is 0.0951. The Morgan fingerprint density at radius 3 is 2.52 bits per heavy atom. The lowest BCUT2D eigenvalue weighted by Crippen LogP contribution is -2.22. The molecule has 104 valence electrons. The molecule has 0 saturated carbocycles. The number of hydrogen-bond acceptors (Lipinski definition) is 3. The molecule has 1 heterocycles. The Kier molecular flexibility index (Phi) is 3.73. The average Bonchev–Trinajstić information content (AvgIpc) is 3.08. The summed E-state index contributed by atoms with van der Waals surface area (Å²) in [5.74, 6) is -0.103. The van der Waals surface area contributed by atoms with Gasteiger partial charge in [0.2, 0.25) is 0 Å². The van der Waals surface area contributed by atoms with Crippen molar-refractivity contribution in [1.82, 2.24) is 20.1 Å². The summed E-state index contributed by atoms with van der Waals surface area (Å²) in [5.41, 5.74) is 2.53. The molecule has 0 unspecified atom stereocenters. The van der Waals surface area contributed by atoms with Crippen LogP contribution in [0.2, 0.25) is 0 Å². The van der Waals surface area contributed by atoms with Crippen molar-refractivity contribution in [2.75, 3.05) is 0 Å². The summed E-state index contributed by atoms with van der Waals surface area (Å²) in [5, 5.41) is 10.4. The predicted molar refractivity (Wildman–Crippen MR) is 79.0 cm³/mol. The van der Waals surface area contributed by atoms with E-state index in [0.29, 0.717) is 12.1 Å². The monoisotopic (exact) mass is 278 g/mol. The third-order valence-electron chi connectivity index (χ3n) is 3.12. The summed E-state index contributed by atoms with van der Waals surface area (Å²) in [6.07, 6.45) is 3.20. The van der Waals surface area contributed by atoms with Crippen LogP contribution >= 0.6 is 0 Å². The third-order valence-corrected chi connectivity index (χ3v) is 3.12. The standard InChI is InChI=1S/C16H14N4O/c21-16(17-10-13-5-2-1-3-6-13)14-7-4-8-15(9-14)20-11-18-19-12-20/h1-9,11-12H,10H2,(H,17,21). The molecule has 0 aliphatic carbocycles. The molecule has 5 heteroatoms. The van der Waals surface area contributed by atoms with Crippen LogP contribution in [0.25, 0.3) is 5.69 Å². The Balaban J connectivity index is 1.72. The van der Waals surface area contributed by atoms with E-state index in [1.165, 1.54) is 0 Å². The van der Waals surface area contributed by atoms with Crippen molar-refractivity contribution >= 4 is 5.91 Å². The van der Waals surface area contributed by atoms with E-state index in [2.05, 4.69) is 15.5 Å². The molecule has 3 aromatic rings. The first-order valence-corrected chi connectivity index (χ1v) is 6.60. The zero-order chi connectivity index (χ0) is 14.5. The van der Waals surface area contributed by atoms with Gasteiger partial charge in [-0.2, -0.15) is 0 Å². The Bertz CT molecular complexity index is 723. The van der Waals surface area contributed by atoms with Gasteiger partial charge in [0, 0.05) is 17.8 Å². The Labute approximate surface area is 122 Å². The van der Waals surface area contributed by atoms with Gasteiger partial charge in [0.15, 0.2) is 0 Å². The van der Waals surface area contributed by atoms with Gasteiger partial charge >= 0.3 is 0 Å². The summed E-state index contributed by atoms with van der Waals surface area (Å²) in [4.78, 5) is 12.2. The minimum Gasteiger partial charge on any atom is -0.348 e. The van der Waals surface area contributed by atoms with E-state index >= 15 is 0 Å². The highest BCUT2D eigenvalue weighted by Crippen LogP contribution is 2.10. The molecule has 0 aliphatic rings. The molecule has 21 heavy (non-hydrogen) atoms. The van der Waals surface area contributed by atoms with Crippen molar-refractivity contribution in [3.8, 4) is 5.69 Å². The first-order chi connectivity index (χ1) is 10.3. The molecule has 0 atom stereocenters. The Morgan fingerprint density at radius 2 is 1.76 bits per heavy atom. The molecule has 0 radical (unpaired) electrons. The van der Waals surface area contributed by atoms with Crippen molar-refractivity contribution in [2.45, 2.75) is 6.54 Å². The smallest absolute Gasteiger partial charge is 0.251 e. The van der Waals surface area contributed by atoms with Crippen LogP contribution in [-0.4, -0.2) is 20.7 Å². The molecule has 0 saturated heterocycles. The van der Waals surface area contributed by atoms with Gasteiger partial charge in [0.25, 0.3) is 5.91 Å². The third kappa shape index (κ3) is 3.14. The highest BCUT2D eigenvalue weighted by molar-refractivity contribution is 5.94. The fourth-order valence-electron chi connectivity index (χ4n) is 2.02. The van der Waals surface area contributed by atoms with Gasteiger partial charge in [-0.1, -0.05) is 36.4 Å². The molecule has 0 bridgehead atoms. The van der Waals surface area contributed by atoms with Crippen molar-refractivity contribution in [1.29, 1.82) is 0 Å². The quantitative estimate of drug-likeness (QED) is 0.796. The number of carbonyl (C=O) groups excluding carboxylic acids is 1. The van der Waals surface area contributed by atoms with Crippen LogP contribution in [0.5, 0.6) is 0 Å². The van der Waals surface area contributed by atoms with Gasteiger partial charge in [0.1, 0.15) is 12.7 Å². The minimum absolute atomic E-state index is 0.103. The topological polar surface area (TPSA) is 59.8 Å². The first-order valence-electron chi connectivity index (χ1n) is 6.60. The maximum absolute atomic E-state index is 12.2. The SMILES string of the molecule is O=C(NCc1ccccc1)c1cccc(-n2cnnc2)c1. The Hall–Kier alpha value is -2.95. The minimum atomic E-state index is -0.103. The number of rotatable bonds is 4. The largest absolute Gasteiger partial charge is 0.348 e. The summed E-state index contributed by atoms with van der Waals surface area (Å²) >= 11 is 0. The molecule has 0 aliphatic heterocycles. The van der Waals surface area contributed by atoms with Gasteiger partial charge in [-0.05, 0) is 23.8 Å². The second-order valence-corrected chi connectivity index (χ2v) is 4.59. The van der Waals surface area contributed by atoms with Crippen molar-refractivity contribution < 1.29 is 4.79 Å². The number of hydrogen-bond donors (Lipinski definition) is 1. The number of benzene rings is 2. The van der Waals surface area contributed by atoms with Crippen molar-refractivity contribution in [2.24, 2.45) is 0 Å². The zero-order valence-corrected chi connectivity index (χ0v) is 11.3. The van der Waals surface area contributed by atoms with Gasteiger partial charge in [-0.3, -0.25) is 9.36 Å². The molecule has 1 N–H and O–H groups in total. The van der Waals surface area contributed by atoms with Crippen LogP contribution in [0.1, 0.15) is 15.9 Å². The molecule has 1 aromatic heterocycles. The lowest BCUT2D eigenvalue weighted by Gasteiger charge is -2.07. The number of nitrogens with zero attached hydrogens (tertiary/aromatic N) is 3. The van der Waals surface area contributed by atoms with Crippen LogP contribution in [0, 0.1) is 0 Å². The fourth-order valence-corrected chi connectivity index (χ4v) is 2.02. The summed E-state index contributed by atoms with van der Waals surface area (Å²) in [7, 11) is 0. The summed E-state index contributed by atoms with van der Waals surface area (Å²) < 4.78 is 1.76. The van der Waals surface area contributed by atoms with Gasteiger partial charge in [0.05, 0.1) is 0 Å². The van der Waals surface area contributed by atoms with Crippen LogP contribution in [-0.2, 0) is 6.54 Å². The van der Waals surface area contributed by atoms with Crippen LogP contribution in [0.4, 0.5) is 0 Å². The molecule has 3 rings (SSSR count). The van der Waals surface area contributed by atoms with E-state index in [4.69, 9.17) is 0 Å². The molecular formula is C16H14N4O. The van der Waals surface area contributed by atoms with E-state index in [9.17, 15) is 4.79 Å². The van der Waals surface area contributed by atoms with Crippen molar-refractivity contribution in [3.05, 3.63) is 78.4 Å². The highest BCUT2D eigenvalue weighted by atomic mass is 16.1. The van der Waals surface area contributed by atoms with Crippen molar-refractivity contribution in [3.63, 3.8) is 0 Å². The number of aromatic nitrogens is 3. The van der Waals surface area contributed by atoms with Crippen LogP contribution in [0.3, 0.4) is 0 Å². The zero-order valence-electron chi connectivity index (χ0n) is 11.3.